The summed E-state index contributed by atoms with van der Waals surface area (Å²) in [6, 6.07) is 8.26. The number of aryl methyl sites for hydroxylation is 1. The van der Waals surface area contributed by atoms with Crippen molar-refractivity contribution in [3.8, 4) is 0 Å². The normalized spacial score (nSPS) is 12.7. The van der Waals surface area contributed by atoms with Crippen molar-refractivity contribution in [1.29, 1.82) is 0 Å². The van der Waals surface area contributed by atoms with Gasteiger partial charge in [-0.3, -0.25) is 4.99 Å². The predicted octanol–water partition coefficient (Wildman–Crippen LogP) is 5.47. The molecule has 1 nitrogen and oxygen atoms in total. The zero-order valence-electron chi connectivity index (χ0n) is 12.1. The van der Waals surface area contributed by atoms with Crippen LogP contribution in [0.4, 0.5) is 5.69 Å². The quantitative estimate of drug-likeness (QED) is 0.464. The smallest absolute Gasteiger partial charge is 0.0654 e. The zero-order valence-corrected chi connectivity index (χ0v) is 12.1. The minimum absolute atomic E-state index is 0.702. The number of nitrogens with zero attached hydrogens (tertiary/aromatic N) is 1. The van der Waals surface area contributed by atoms with Gasteiger partial charge >= 0.3 is 0 Å². The van der Waals surface area contributed by atoms with E-state index in [1.807, 2.05) is 6.07 Å². The van der Waals surface area contributed by atoms with E-state index >= 15 is 0 Å². The van der Waals surface area contributed by atoms with Crippen molar-refractivity contribution in [2.24, 2.45) is 10.9 Å². The fourth-order valence-electron chi connectivity index (χ4n) is 1.81. The Bertz CT molecular complexity index is 411. The molecule has 0 aromatic heterocycles. The summed E-state index contributed by atoms with van der Waals surface area (Å²) in [6.45, 7) is 8.71. The summed E-state index contributed by atoms with van der Waals surface area (Å²) in [7, 11) is 0. The molecule has 1 aromatic rings. The highest BCUT2D eigenvalue weighted by atomic mass is 14.7. The van der Waals surface area contributed by atoms with E-state index in [0.29, 0.717) is 5.92 Å². The molecule has 0 unspecified atom stereocenters. The van der Waals surface area contributed by atoms with Gasteiger partial charge in [0.15, 0.2) is 0 Å². The second-order valence-electron chi connectivity index (χ2n) is 5.30. The maximum absolute atomic E-state index is 4.55. The summed E-state index contributed by atoms with van der Waals surface area (Å²) in [6.07, 6.45) is 7.86. The van der Waals surface area contributed by atoms with Crippen molar-refractivity contribution < 1.29 is 0 Å². The van der Waals surface area contributed by atoms with Crippen molar-refractivity contribution in [3.05, 3.63) is 41.5 Å². The summed E-state index contributed by atoms with van der Waals surface area (Å²) in [5, 5.41) is 0. The minimum atomic E-state index is 0.702. The molecule has 1 rings (SSSR count). The largest absolute Gasteiger partial charge is 0.261 e. The Balaban J connectivity index is 2.36. The monoisotopic (exact) mass is 243 g/mol. The Labute approximate surface area is 112 Å². The van der Waals surface area contributed by atoms with Crippen LogP contribution >= 0.6 is 0 Å². The van der Waals surface area contributed by atoms with E-state index in [9.17, 15) is 0 Å². The molecule has 0 saturated heterocycles. The van der Waals surface area contributed by atoms with Crippen LogP contribution in [0.3, 0.4) is 0 Å². The van der Waals surface area contributed by atoms with Crippen LogP contribution in [0.25, 0.3) is 0 Å². The Hall–Kier alpha value is -1.37. The molecular formula is C17H25N. The molecule has 0 aliphatic carbocycles. The van der Waals surface area contributed by atoms with Crippen molar-refractivity contribution in [1.82, 2.24) is 0 Å². The maximum atomic E-state index is 4.55. The fourth-order valence-corrected chi connectivity index (χ4v) is 1.81. The Kier molecular flexibility index (Phi) is 6.42. The van der Waals surface area contributed by atoms with Crippen molar-refractivity contribution in [2.45, 2.75) is 47.0 Å². The van der Waals surface area contributed by atoms with Crippen LogP contribution in [0.1, 0.15) is 45.6 Å². The van der Waals surface area contributed by atoms with E-state index in [2.05, 4.69) is 63.2 Å². The average molecular weight is 243 g/mol. The van der Waals surface area contributed by atoms with Gasteiger partial charge in [-0.15, -0.1) is 0 Å². The molecule has 0 bridgehead atoms. The third kappa shape index (κ3) is 5.81. The number of aliphatic imine (C=N–C) groups is 1. The molecule has 0 aliphatic heterocycles. The van der Waals surface area contributed by atoms with Crippen LogP contribution in [-0.2, 0) is 0 Å². The standard InChI is InChI=1S/C17H25N/c1-14(2)8-7-9-15(3)12-13-18-17-11-6-5-10-16(17)4/h5-6,8,10-11,13,15H,7,9,12H2,1-4H3/t15-/m1/s1. The molecule has 0 saturated carbocycles. The number of benzene rings is 1. The summed E-state index contributed by atoms with van der Waals surface area (Å²) < 4.78 is 0. The Morgan fingerprint density at radius 2 is 2.00 bits per heavy atom. The minimum Gasteiger partial charge on any atom is -0.261 e. The van der Waals surface area contributed by atoms with Crippen LogP contribution in [0.15, 0.2) is 40.9 Å². The number of rotatable bonds is 6. The van der Waals surface area contributed by atoms with E-state index in [-0.39, 0.29) is 0 Å². The van der Waals surface area contributed by atoms with Crippen LogP contribution in [0, 0.1) is 12.8 Å². The second-order valence-corrected chi connectivity index (χ2v) is 5.30. The van der Waals surface area contributed by atoms with Crippen LogP contribution in [0.2, 0.25) is 0 Å². The van der Waals surface area contributed by atoms with Crippen LogP contribution in [0.5, 0.6) is 0 Å². The number of allylic oxidation sites excluding steroid dienone is 2. The third-order valence-corrected chi connectivity index (χ3v) is 3.07. The maximum Gasteiger partial charge on any atom is 0.0654 e. The van der Waals surface area contributed by atoms with Gasteiger partial charge in [0.2, 0.25) is 0 Å². The van der Waals surface area contributed by atoms with Crippen molar-refractivity contribution >= 4 is 11.9 Å². The van der Waals surface area contributed by atoms with Gasteiger partial charge in [0.1, 0.15) is 0 Å². The molecule has 0 heterocycles. The van der Waals surface area contributed by atoms with E-state index in [1.165, 1.54) is 24.0 Å². The highest BCUT2D eigenvalue weighted by Gasteiger charge is 1.99. The third-order valence-electron chi connectivity index (χ3n) is 3.07. The van der Waals surface area contributed by atoms with Gasteiger partial charge in [-0.25, -0.2) is 0 Å². The predicted molar refractivity (Wildman–Crippen MR) is 81.8 cm³/mol. The first kappa shape index (κ1) is 14.7. The van der Waals surface area contributed by atoms with E-state index in [4.69, 9.17) is 0 Å². The molecule has 0 radical (unpaired) electrons. The molecule has 0 fully saturated rings. The lowest BCUT2D eigenvalue weighted by Crippen LogP contribution is -1.94. The highest BCUT2D eigenvalue weighted by Crippen LogP contribution is 2.17. The Morgan fingerprint density at radius 1 is 1.28 bits per heavy atom. The first-order valence-corrected chi connectivity index (χ1v) is 6.81. The summed E-state index contributed by atoms with van der Waals surface area (Å²) >= 11 is 0. The second kappa shape index (κ2) is 7.86. The van der Waals surface area contributed by atoms with Crippen LogP contribution in [-0.4, -0.2) is 6.21 Å². The number of hydrogen-bond acceptors (Lipinski definition) is 1. The molecular weight excluding hydrogens is 218 g/mol. The van der Waals surface area contributed by atoms with Gasteiger partial charge in [0.05, 0.1) is 5.69 Å². The van der Waals surface area contributed by atoms with Crippen molar-refractivity contribution in [2.75, 3.05) is 0 Å². The highest BCUT2D eigenvalue weighted by molar-refractivity contribution is 5.64. The van der Waals surface area contributed by atoms with E-state index in [1.54, 1.807) is 0 Å². The summed E-state index contributed by atoms with van der Waals surface area (Å²) in [5.41, 5.74) is 3.75. The lowest BCUT2D eigenvalue weighted by molar-refractivity contribution is 0.563. The molecule has 0 N–H and O–H groups in total. The Morgan fingerprint density at radius 3 is 2.67 bits per heavy atom. The lowest BCUT2D eigenvalue weighted by Gasteiger charge is -2.06. The molecule has 18 heavy (non-hydrogen) atoms. The molecule has 0 amide bonds. The molecule has 1 atom stereocenters. The van der Waals surface area contributed by atoms with Gasteiger partial charge in [-0.05, 0) is 57.6 Å². The lowest BCUT2D eigenvalue weighted by atomic mass is 10.0. The van der Waals surface area contributed by atoms with E-state index in [0.717, 1.165) is 12.1 Å². The number of hydrogen-bond donors (Lipinski definition) is 0. The van der Waals surface area contributed by atoms with Gasteiger partial charge in [0.25, 0.3) is 0 Å². The molecule has 98 valence electrons. The van der Waals surface area contributed by atoms with E-state index < -0.39 is 0 Å². The average Bonchev–Trinajstić information content (AvgIpc) is 2.31. The first-order chi connectivity index (χ1) is 8.59. The number of para-hydroxylation sites is 1. The first-order valence-electron chi connectivity index (χ1n) is 6.81. The topological polar surface area (TPSA) is 12.4 Å². The SMILES string of the molecule is CC(C)=CCC[C@@H](C)CC=Nc1ccccc1C. The van der Waals surface area contributed by atoms with Gasteiger partial charge in [-0.2, -0.15) is 0 Å². The molecule has 1 aromatic carbocycles. The van der Waals surface area contributed by atoms with Gasteiger partial charge in [0, 0.05) is 6.21 Å². The van der Waals surface area contributed by atoms with Crippen LogP contribution < -0.4 is 0 Å². The van der Waals surface area contributed by atoms with Gasteiger partial charge in [-0.1, -0.05) is 36.8 Å². The van der Waals surface area contributed by atoms with Gasteiger partial charge < -0.3 is 0 Å². The molecule has 0 spiro atoms. The molecule has 1 heteroatoms. The summed E-state index contributed by atoms with van der Waals surface area (Å²) in [4.78, 5) is 4.55. The molecule has 0 aliphatic rings. The summed E-state index contributed by atoms with van der Waals surface area (Å²) in [5.74, 6) is 0.702. The fraction of sp³-hybridized carbons (Fsp3) is 0.471. The van der Waals surface area contributed by atoms with Crippen molar-refractivity contribution in [3.63, 3.8) is 0 Å². The zero-order chi connectivity index (χ0) is 13.4.